The number of nitrogens with zero attached hydrogens (tertiary/aromatic N) is 1. The summed E-state index contributed by atoms with van der Waals surface area (Å²) in [7, 11) is 0. The van der Waals surface area contributed by atoms with E-state index in [0.29, 0.717) is 18.8 Å². The number of aliphatic hydroxyl groups is 1. The molecule has 0 unspecified atom stereocenters. The normalized spacial score (nSPS) is 32.7. The van der Waals surface area contributed by atoms with Gasteiger partial charge in [0.2, 0.25) is 5.92 Å². The van der Waals surface area contributed by atoms with Crippen molar-refractivity contribution in [2.75, 3.05) is 19.6 Å². The molecule has 0 amide bonds. The van der Waals surface area contributed by atoms with Gasteiger partial charge in [-0.25, -0.2) is 8.78 Å². The van der Waals surface area contributed by atoms with Gasteiger partial charge in [0.25, 0.3) is 0 Å². The molecule has 2 aliphatic rings. The number of rotatable bonds is 3. The Labute approximate surface area is 108 Å². The molecule has 1 saturated heterocycles. The summed E-state index contributed by atoms with van der Waals surface area (Å²) in [6.45, 7) is 4.02. The summed E-state index contributed by atoms with van der Waals surface area (Å²) in [5, 5.41) is 9.45. The molecule has 1 saturated carbocycles. The Bertz CT molecular complexity index is 251. The minimum atomic E-state index is -2.50. The van der Waals surface area contributed by atoms with E-state index < -0.39 is 11.8 Å². The van der Waals surface area contributed by atoms with Crippen LogP contribution >= 0.6 is 0 Å². The van der Waals surface area contributed by atoms with Gasteiger partial charge >= 0.3 is 0 Å². The minimum Gasteiger partial charge on any atom is -0.393 e. The average molecular weight is 261 g/mol. The van der Waals surface area contributed by atoms with Gasteiger partial charge in [-0.2, -0.15) is 0 Å². The van der Waals surface area contributed by atoms with E-state index in [9.17, 15) is 13.9 Å². The summed E-state index contributed by atoms with van der Waals surface area (Å²) in [6.07, 6.45) is 4.82. The lowest BCUT2D eigenvalue weighted by Gasteiger charge is -2.36. The molecule has 0 aromatic rings. The van der Waals surface area contributed by atoms with Crippen molar-refractivity contribution in [3.05, 3.63) is 0 Å². The summed E-state index contributed by atoms with van der Waals surface area (Å²) in [6, 6.07) is 0. The first-order valence-corrected chi connectivity index (χ1v) is 7.23. The van der Waals surface area contributed by atoms with E-state index >= 15 is 0 Å². The molecule has 0 aromatic heterocycles. The quantitative estimate of drug-likeness (QED) is 0.844. The third kappa shape index (κ3) is 3.89. The molecule has 1 aliphatic carbocycles. The van der Waals surface area contributed by atoms with Crippen molar-refractivity contribution in [3.8, 4) is 0 Å². The van der Waals surface area contributed by atoms with E-state index in [1.807, 2.05) is 0 Å². The molecule has 0 bridgehead atoms. The molecule has 0 spiro atoms. The topological polar surface area (TPSA) is 23.5 Å². The van der Waals surface area contributed by atoms with Crippen LogP contribution in [0.3, 0.4) is 0 Å². The molecule has 0 aromatic carbocycles. The molecule has 2 fully saturated rings. The van der Waals surface area contributed by atoms with Crippen molar-refractivity contribution in [2.45, 2.75) is 57.5 Å². The van der Waals surface area contributed by atoms with Gasteiger partial charge in [0.05, 0.1) is 6.10 Å². The highest BCUT2D eigenvalue weighted by molar-refractivity contribution is 4.82. The van der Waals surface area contributed by atoms with Crippen molar-refractivity contribution < 1.29 is 13.9 Å². The Morgan fingerprint density at radius 3 is 2.11 bits per heavy atom. The fraction of sp³-hybridized carbons (Fsp3) is 1.00. The smallest absolute Gasteiger partial charge is 0.248 e. The fourth-order valence-electron chi connectivity index (χ4n) is 3.32. The third-order valence-electron chi connectivity index (χ3n) is 4.64. The van der Waals surface area contributed by atoms with Crippen molar-refractivity contribution in [1.82, 2.24) is 4.90 Å². The Balaban J connectivity index is 1.70. The van der Waals surface area contributed by atoms with Gasteiger partial charge in [-0.3, -0.25) is 0 Å². The second-order valence-corrected chi connectivity index (χ2v) is 6.21. The van der Waals surface area contributed by atoms with E-state index in [0.717, 1.165) is 52.2 Å². The van der Waals surface area contributed by atoms with Gasteiger partial charge in [-0.05, 0) is 51.4 Å². The van der Waals surface area contributed by atoms with Crippen LogP contribution in [0.1, 0.15) is 45.4 Å². The summed E-state index contributed by atoms with van der Waals surface area (Å²) >= 11 is 0. The maximum Gasteiger partial charge on any atom is 0.248 e. The molecule has 0 radical (unpaired) electrons. The van der Waals surface area contributed by atoms with Crippen LogP contribution in [0, 0.1) is 11.8 Å². The Hall–Kier alpha value is -0.220. The number of halogens is 2. The van der Waals surface area contributed by atoms with Gasteiger partial charge in [0, 0.05) is 25.6 Å². The van der Waals surface area contributed by atoms with Crippen LogP contribution in [0.15, 0.2) is 0 Å². The zero-order valence-corrected chi connectivity index (χ0v) is 11.2. The minimum absolute atomic E-state index is 0.129. The van der Waals surface area contributed by atoms with Crippen molar-refractivity contribution in [1.29, 1.82) is 0 Å². The van der Waals surface area contributed by atoms with E-state index in [1.165, 1.54) is 0 Å². The highest BCUT2D eigenvalue weighted by atomic mass is 19.3. The molecule has 18 heavy (non-hydrogen) atoms. The van der Waals surface area contributed by atoms with Gasteiger partial charge in [-0.1, -0.05) is 0 Å². The standard InChI is InChI=1S/C14H25F2NO/c1-14(15,16)12-4-2-11(3-5-12)10-17-8-6-13(18)7-9-17/h11-13,18H,2-10H2,1H3. The van der Waals surface area contributed by atoms with E-state index in [1.54, 1.807) is 0 Å². The SMILES string of the molecule is CC(F)(F)C1CCC(CN2CCC(O)CC2)CC1. The molecule has 1 aliphatic heterocycles. The van der Waals surface area contributed by atoms with Crippen LogP contribution < -0.4 is 0 Å². The fourth-order valence-corrected chi connectivity index (χ4v) is 3.32. The average Bonchev–Trinajstić information content (AvgIpc) is 2.32. The molecule has 1 N–H and O–H groups in total. The second kappa shape index (κ2) is 5.83. The monoisotopic (exact) mass is 261 g/mol. The van der Waals surface area contributed by atoms with Crippen LogP contribution in [-0.2, 0) is 0 Å². The zero-order valence-electron chi connectivity index (χ0n) is 11.2. The molecule has 4 heteroatoms. The third-order valence-corrected chi connectivity index (χ3v) is 4.64. The Morgan fingerprint density at radius 1 is 1.06 bits per heavy atom. The largest absolute Gasteiger partial charge is 0.393 e. The lowest BCUT2D eigenvalue weighted by Crippen LogP contribution is -2.40. The highest BCUT2D eigenvalue weighted by Crippen LogP contribution is 2.38. The van der Waals surface area contributed by atoms with Crippen LogP contribution in [0.2, 0.25) is 0 Å². The molecule has 0 atom stereocenters. The van der Waals surface area contributed by atoms with Crippen LogP contribution in [0.4, 0.5) is 8.78 Å². The van der Waals surface area contributed by atoms with Crippen molar-refractivity contribution in [3.63, 3.8) is 0 Å². The van der Waals surface area contributed by atoms with Gasteiger partial charge in [-0.15, -0.1) is 0 Å². The lowest BCUT2D eigenvalue weighted by molar-refractivity contribution is -0.0597. The summed E-state index contributed by atoms with van der Waals surface area (Å²) in [5.41, 5.74) is 0. The highest BCUT2D eigenvalue weighted by Gasteiger charge is 2.37. The number of alkyl halides is 2. The van der Waals surface area contributed by atoms with E-state index in [2.05, 4.69) is 4.90 Å². The first kappa shape index (κ1) is 14.2. The predicted octanol–water partition coefficient (Wildman–Crippen LogP) is 2.90. The van der Waals surface area contributed by atoms with Crippen molar-refractivity contribution >= 4 is 0 Å². The predicted molar refractivity (Wildman–Crippen MR) is 67.7 cm³/mol. The maximum atomic E-state index is 13.2. The van der Waals surface area contributed by atoms with E-state index in [-0.39, 0.29) is 6.10 Å². The van der Waals surface area contributed by atoms with Gasteiger partial charge in [0.15, 0.2) is 0 Å². The van der Waals surface area contributed by atoms with Gasteiger partial charge in [0.1, 0.15) is 0 Å². The zero-order chi connectivity index (χ0) is 13.2. The van der Waals surface area contributed by atoms with Crippen LogP contribution in [0.5, 0.6) is 0 Å². The number of hydrogen-bond acceptors (Lipinski definition) is 2. The summed E-state index contributed by atoms with van der Waals surface area (Å²) < 4.78 is 26.4. The van der Waals surface area contributed by atoms with Gasteiger partial charge < -0.3 is 10.0 Å². The summed E-state index contributed by atoms with van der Waals surface area (Å²) in [4.78, 5) is 2.39. The second-order valence-electron chi connectivity index (χ2n) is 6.21. The molecular weight excluding hydrogens is 236 g/mol. The first-order valence-electron chi connectivity index (χ1n) is 7.23. The number of likely N-dealkylation sites (tertiary alicyclic amines) is 1. The number of aliphatic hydroxyl groups excluding tert-OH is 1. The van der Waals surface area contributed by atoms with E-state index in [4.69, 9.17) is 0 Å². The maximum absolute atomic E-state index is 13.2. The Kier molecular flexibility index (Phi) is 4.59. The lowest BCUT2D eigenvalue weighted by atomic mass is 9.79. The molecule has 2 nitrogen and oxygen atoms in total. The Morgan fingerprint density at radius 2 is 1.61 bits per heavy atom. The molecular formula is C14H25F2NO. The van der Waals surface area contributed by atoms with Crippen molar-refractivity contribution in [2.24, 2.45) is 11.8 Å². The molecule has 1 heterocycles. The summed E-state index contributed by atoms with van der Waals surface area (Å²) in [5.74, 6) is -2.32. The molecule has 2 rings (SSSR count). The van der Waals surface area contributed by atoms with Crippen LogP contribution in [-0.4, -0.2) is 41.7 Å². The first-order chi connectivity index (χ1) is 8.45. The number of piperidine rings is 1. The number of hydrogen-bond donors (Lipinski definition) is 1. The molecule has 106 valence electrons. The van der Waals surface area contributed by atoms with Crippen LogP contribution in [0.25, 0.3) is 0 Å².